The summed E-state index contributed by atoms with van der Waals surface area (Å²) >= 11 is 0. The maximum absolute atomic E-state index is 6.95. The first-order chi connectivity index (χ1) is 60.8. The van der Waals surface area contributed by atoms with E-state index in [0.29, 0.717) is 81.2 Å². The van der Waals surface area contributed by atoms with E-state index in [4.69, 9.17) is 36.8 Å². The summed E-state index contributed by atoms with van der Waals surface area (Å²) in [4.78, 5) is 7.19. The minimum absolute atomic E-state index is 0.0208. The highest BCUT2D eigenvalue weighted by Gasteiger charge is 2.60. The standard InChI is InChI=1S/C10H20.C9H18O.C9H18.C8H13N.C8H15N.2C8H16O.2C8H16.C8H18.C7H14O.C7H16O.C7H14.2C7H16.C6H14.C5H12/c1-10(2,3)9-7-5-4-6-8-9;1-9(2,3)8-4-6-10-7-5-8;1-9(2,3)8-6-4-5-7-8;1-7(2,3)8(9-4)5-6-8;1-7(2,3)8(4,5)9-6;1-8(2,3)4-7-5-9-6-7;1-8(2,3)7-4-5-9-6-7;1-8(2,3)6-7-4-5-7;1-8(2,3)7-5-4-6-7;1-7(2)6-8(3,4)5;1-7(2,3)6-4-8-5-6;1-7(2,3)5-6-8-4;1-7(2,3)6-4-5-6;1-6(2)7(3,4)5;1-5-6-7(2,3)4;1-5-6(2,3)4;1-5(2,3)4/h9H,4-8H2,1-3H3;8H,4-7H2,1-3H3;8H,4-7H2,1-3H3;5-6H2,1-3H3;1-5H3;2*7H,4-6H2,1-3H3;2*7H,4-6H2,1-3H3;7H,6H2,1-5H3;6H,4-5H2,1-3H3;5-6H2,1-4H3;6H,4-5H2,1-3H3;6H,1-5H3;5-6H2,1-4H3;5H2,1-4H3;1-4H3. The topological polar surface area (TPSA) is 54.9 Å². The van der Waals surface area contributed by atoms with Crippen molar-refractivity contribution < 1.29 is 23.7 Å². The second-order valence-corrected chi connectivity index (χ2v) is 64.9. The molecule has 0 aromatic heterocycles. The maximum Gasteiger partial charge on any atom is 0.237 e. The van der Waals surface area contributed by atoms with Crippen LogP contribution in [0.15, 0.2) is 0 Å². The van der Waals surface area contributed by atoms with Crippen LogP contribution in [0.25, 0.3) is 9.69 Å². The van der Waals surface area contributed by atoms with Gasteiger partial charge in [0.25, 0.3) is 0 Å². The van der Waals surface area contributed by atoms with E-state index in [0.717, 1.165) is 144 Å². The molecule has 0 radical (unpaired) electrons. The van der Waals surface area contributed by atoms with Crippen molar-refractivity contribution in [3.63, 3.8) is 0 Å². The number of ether oxygens (including phenoxy) is 5. The molecule has 6 aliphatic carbocycles. The zero-order valence-electron chi connectivity index (χ0n) is 107. The summed E-state index contributed by atoms with van der Waals surface area (Å²) in [5.74, 6) is 10.2. The Labute approximate surface area is 871 Å². The van der Waals surface area contributed by atoms with Gasteiger partial charge in [-0.05, 0) is 237 Å². The Hall–Kier alpha value is -1.22. The molecule has 4 aliphatic heterocycles. The van der Waals surface area contributed by atoms with E-state index in [9.17, 15) is 0 Å². The average Bonchev–Trinajstić information content (AvgIpc) is 1.61. The molecule has 0 aromatic rings. The molecule has 137 heavy (non-hydrogen) atoms. The molecule has 1 atom stereocenters. The van der Waals surface area contributed by atoms with Gasteiger partial charge in [-0.15, -0.1) is 0 Å². The molecule has 0 spiro atoms. The monoisotopic (exact) mass is 1940 g/mol. The van der Waals surface area contributed by atoms with Gasteiger partial charge < -0.3 is 33.4 Å². The molecule has 4 saturated heterocycles. The van der Waals surface area contributed by atoms with E-state index in [-0.39, 0.29) is 21.9 Å². The molecule has 10 aliphatic rings. The van der Waals surface area contributed by atoms with Crippen LogP contribution < -0.4 is 0 Å². The van der Waals surface area contributed by atoms with Crippen molar-refractivity contribution in [1.29, 1.82) is 0 Å². The lowest BCUT2D eigenvalue weighted by atomic mass is 9.69. The molecule has 7 nitrogen and oxygen atoms in total. The van der Waals surface area contributed by atoms with Gasteiger partial charge in [0.15, 0.2) is 0 Å². The van der Waals surface area contributed by atoms with E-state index >= 15 is 0 Å². The van der Waals surface area contributed by atoms with Crippen molar-refractivity contribution in [3.05, 3.63) is 22.8 Å². The number of rotatable bonds is 6. The second-order valence-electron chi connectivity index (χ2n) is 64.9. The van der Waals surface area contributed by atoms with Crippen LogP contribution in [-0.4, -0.2) is 77.6 Å². The van der Waals surface area contributed by atoms with Crippen LogP contribution in [0.2, 0.25) is 0 Å². The van der Waals surface area contributed by atoms with E-state index in [1.165, 1.54) is 161 Å². The normalized spacial score (nSPS) is 19.3. The van der Waals surface area contributed by atoms with Gasteiger partial charge in [0.1, 0.15) is 0 Å². The Balaban J connectivity index is -0.000000263. The van der Waals surface area contributed by atoms with Crippen LogP contribution in [0.3, 0.4) is 0 Å². The van der Waals surface area contributed by atoms with Gasteiger partial charge in [-0.2, -0.15) is 0 Å². The Morgan fingerprint density at radius 1 is 0.314 bits per heavy atom. The fourth-order valence-corrected chi connectivity index (χ4v) is 15.7. The Bertz CT molecular complexity index is 2750. The highest BCUT2D eigenvalue weighted by atomic mass is 16.5. The largest absolute Gasteiger partial charge is 0.385 e. The SMILES string of the molecule is CC(C)(C)C.CC(C)(C)C1CC1.CC(C)(C)C1CCC1.CC(C)(C)C1CCCC1.CC(C)(C)C1CCCCC1.CC(C)(C)C1CCOC1.CC(C)(C)C1CCOCC1.CC(C)(C)C1COC1.CC(C)(C)CC1CC1.CC(C)(C)CC1COC1.CC(C)C(C)(C)C.CC(C)CC(C)(C)C.CCC(C)(C)C.CCCC(C)(C)C.COCCC(C)(C)C.[C-]#[N+]C(C)(C)C(C)(C)C.[C-]#[N+]C1(C(C)(C)C)CC1. The highest BCUT2D eigenvalue weighted by Crippen LogP contribution is 2.53. The maximum atomic E-state index is 6.95. The zero-order valence-corrected chi connectivity index (χ0v) is 107. The molecule has 4 heterocycles. The quantitative estimate of drug-likeness (QED) is 0.248. The van der Waals surface area contributed by atoms with E-state index in [1.807, 2.05) is 13.8 Å². The predicted octanol–water partition coefficient (Wildman–Crippen LogP) is 43.6. The third kappa shape index (κ3) is 96.7. The molecule has 828 valence electrons. The summed E-state index contributed by atoms with van der Waals surface area (Å²) in [6, 6.07) is 0. The predicted molar refractivity (Wildman–Crippen MR) is 623 cm³/mol. The van der Waals surface area contributed by atoms with Gasteiger partial charge in [-0.3, -0.25) is 0 Å². The van der Waals surface area contributed by atoms with Crippen molar-refractivity contribution in [1.82, 2.24) is 0 Å². The molecule has 0 bridgehead atoms. The number of methoxy groups -OCH3 is 1. The van der Waals surface area contributed by atoms with Gasteiger partial charge >= 0.3 is 0 Å². The number of hydrogen-bond donors (Lipinski definition) is 0. The minimum atomic E-state index is -0.229. The summed E-state index contributed by atoms with van der Waals surface area (Å²) < 4.78 is 25.6. The molecule has 0 N–H and O–H groups in total. The fraction of sp³-hybridized carbons (Fsp3) is 0.985. The van der Waals surface area contributed by atoms with Crippen LogP contribution >= 0.6 is 0 Å². The summed E-state index contributed by atoms with van der Waals surface area (Å²) in [5.41, 5.74) is 7.98. The van der Waals surface area contributed by atoms with Crippen molar-refractivity contribution in [2.75, 3.05) is 66.6 Å². The third-order valence-electron chi connectivity index (χ3n) is 29.5. The van der Waals surface area contributed by atoms with Gasteiger partial charge in [-0.1, -0.05) is 466 Å². The van der Waals surface area contributed by atoms with Gasteiger partial charge in [0, 0.05) is 89.5 Å². The van der Waals surface area contributed by atoms with Gasteiger partial charge in [-0.25, -0.2) is 13.1 Å². The summed E-state index contributed by atoms with van der Waals surface area (Å²) in [6.07, 6.45) is 38.8. The van der Waals surface area contributed by atoms with Crippen LogP contribution in [0, 0.1) is 170 Å². The van der Waals surface area contributed by atoms with Crippen LogP contribution in [-0.2, 0) is 23.7 Å². The third-order valence-corrected chi connectivity index (χ3v) is 29.5. The lowest BCUT2D eigenvalue weighted by molar-refractivity contribution is -0.0821. The molecule has 7 heteroatoms. The lowest BCUT2D eigenvalue weighted by Gasteiger charge is -2.37. The van der Waals surface area contributed by atoms with Crippen molar-refractivity contribution in [2.45, 2.75) is 606 Å². The average molecular weight is 1940 g/mol. The zero-order chi connectivity index (χ0) is 110. The first-order valence-electron chi connectivity index (χ1n) is 57.3. The first kappa shape index (κ1) is 149. The van der Waals surface area contributed by atoms with Crippen LogP contribution in [0.1, 0.15) is 595 Å². The summed E-state index contributed by atoms with van der Waals surface area (Å²) in [7, 11) is 1.74. The van der Waals surface area contributed by atoms with Crippen molar-refractivity contribution in [3.8, 4) is 0 Å². The van der Waals surface area contributed by atoms with E-state index < -0.39 is 0 Å². The molecule has 0 aromatic carbocycles. The highest BCUT2D eigenvalue weighted by molar-refractivity contribution is 5.17. The molecule has 10 fully saturated rings. The van der Waals surface area contributed by atoms with Crippen LogP contribution in [0.5, 0.6) is 0 Å². The molecule has 6 saturated carbocycles. The summed E-state index contributed by atoms with van der Waals surface area (Å²) in [6.45, 7) is 158. The molecule has 10 rings (SSSR count). The lowest BCUT2D eigenvalue weighted by Crippen LogP contribution is -2.37. The minimum Gasteiger partial charge on any atom is -0.385 e. The number of hydrogen-bond acceptors (Lipinski definition) is 5. The van der Waals surface area contributed by atoms with Crippen molar-refractivity contribution in [2.24, 2.45) is 157 Å². The summed E-state index contributed by atoms with van der Waals surface area (Å²) in [5, 5.41) is 0. The first-order valence-corrected chi connectivity index (χ1v) is 57.3. The number of nitrogens with zero attached hydrogens (tertiary/aromatic N) is 2. The smallest absolute Gasteiger partial charge is 0.237 e. The fourth-order valence-electron chi connectivity index (χ4n) is 15.7. The van der Waals surface area contributed by atoms with E-state index in [1.54, 1.807) is 7.11 Å². The Kier molecular flexibility index (Phi) is 72.7. The Morgan fingerprint density at radius 2 is 0.599 bits per heavy atom. The Morgan fingerprint density at radius 3 is 0.686 bits per heavy atom. The van der Waals surface area contributed by atoms with Crippen LogP contribution in [0.4, 0.5) is 0 Å². The molecular formula is C130H268N2O5. The molecule has 1 unspecified atom stereocenters. The second kappa shape index (κ2) is 67.0. The van der Waals surface area contributed by atoms with E-state index in [2.05, 4.69) is 411 Å². The van der Waals surface area contributed by atoms with Gasteiger partial charge in [0.2, 0.25) is 11.1 Å². The van der Waals surface area contributed by atoms with Crippen molar-refractivity contribution >= 4 is 0 Å². The van der Waals surface area contributed by atoms with Gasteiger partial charge in [0.05, 0.1) is 26.4 Å². The molecule has 0 amide bonds. The molecular weight excluding hydrogens is 1670 g/mol.